The summed E-state index contributed by atoms with van der Waals surface area (Å²) in [6, 6.07) is 7.90. The van der Waals surface area contributed by atoms with Crippen LogP contribution in [-0.4, -0.2) is 30.7 Å². The smallest absolute Gasteiger partial charge is 0.224 e. The number of carbonyl (C=O) groups excluding carboxylic acids is 1. The fourth-order valence-corrected chi connectivity index (χ4v) is 1.97. The number of anilines is 2. The fourth-order valence-electron chi connectivity index (χ4n) is 1.97. The topological polar surface area (TPSA) is 52.6 Å². The Bertz CT molecular complexity index is 372. The number of carbonyl (C=O) groups is 1. The number of amides is 1. The molecule has 0 heterocycles. The second-order valence-corrected chi connectivity index (χ2v) is 4.45. The molecule has 0 aliphatic carbocycles. The largest absolute Gasteiger partial charge is 0.396 e. The normalized spacial score (nSPS) is 10.3. The van der Waals surface area contributed by atoms with E-state index in [-0.39, 0.29) is 12.5 Å². The zero-order chi connectivity index (χ0) is 14.1. The molecule has 0 bridgehead atoms. The van der Waals surface area contributed by atoms with Crippen molar-refractivity contribution in [2.45, 2.75) is 33.1 Å². The molecule has 1 rings (SSSR count). The van der Waals surface area contributed by atoms with Crippen molar-refractivity contribution in [1.82, 2.24) is 0 Å². The van der Waals surface area contributed by atoms with Crippen molar-refractivity contribution in [1.29, 1.82) is 0 Å². The summed E-state index contributed by atoms with van der Waals surface area (Å²) >= 11 is 0. The minimum absolute atomic E-state index is 0.00374. The highest BCUT2D eigenvalue weighted by atomic mass is 16.2. The van der Waals surface area contributed by atoms with Crippen LogP contribution in [-0.2, 0) is 4.79 Å². The monoisotopic (exact) mass is 264 g/mol. The summed E-state index contributed by atoms with van der Waals surface area (Å²) in [4.78, 5) is 13.9. The van der Waals surface area contributed by atoms with E-state index in [1.54, 1.807) is 0 Å². The maximum atomic E-state index is 11.6. The first-order chi connectivity index (χ1) is 9.21. The molecule has 0 saturated heterocycles. The second kappa shape index (κ2) is 8.53. The summed E-state index contributed by atoms with van der Waals surface area (Å²) in [5, 5.41) is 11.5. The number of hydrogen-bond acceptors (Lipinski definition) is 3. The van der Waals surface area contributed by atoms with Crippen molar-refractivity contribution in [3.63, 3.8) is 0 Å². The molecule has 0 fully saturated rings. The quantitative estimate of drug-likeness (QED) is 0.710. The van der Waals surface area contributed by atoms with Crippen LogP contribution >= 0.6 is 0 Å². The van der Waals surface area contributed by atoms with Crippen molar-refractivity contribution < 1.29 is 9.90 Å². The summed E-state index contributed by atoms with van der Waals surface area (Å²) in [6.45, 7) is 6.35. The Morgan fingerprint density at radius 2 is 1.79 bits per heavy atom. The van der Waals surface area contributed by atoms with Crippen LogP contribution in [0.1, 0.15) is 33.1 Å². The van der Waals surface area contributed by atoms with Gasteiger partial charge in [-0.25, -0.2) is 0 Å². The predicted molar refractivity (Wildman–Crippen MR) is 79.6 cm³/mol. The maximum Gasteiger partial charge on any atom is 0.224 e. The second-order valence-electron chi connectivity index (χ2n) is 4.45. The van der Waals surface area contributed by atoms with E-state index in [4.69, 9.17) is 5.11 Å². The Morgan fingerprint density at radius 1 is 1.16 bits per heavy atom. The third kappa shape index (κ3) is 5.30. The molecule has 106 valence electrons. The van der Waals surface area contributed by atoms with Gasteiger partial charge < -0.3 is 15.3 Å². The number of unbranched alkanes of at least 4 members (excludes halogenated alkanes) is 1. The van der Waals surface area contributed by atoms with E-state index in [0.717, 1.165) is 25.2 Å². The van der Waals surface area contributed by atoms with Gasteiger partial charge in [-0.05, 0) is 51.0 Å². The molecule has 0 aliphatic rings. The number of nitrogens with zero attached hydrogens (tertiary/aromatic N) is 1. The zero-order valence-electron chi connectivity index (χ0n) is 11.9. The molecule has 0 saturated carbocycles. The number of nitrogens with one attached hydrogen (secondary N) is 1. The molecule has 0 radical (unpaired) electrons. The van der Waals surface area contributed by atoms with E-state index in [1.165, 1.54) is 5.69 Å². The minimum atomic E-state index is 0.00374. The molecular formula is C15H24N2O2. The molecule has 0 spiro atoms. The fraction of sp³-hybridized carbons (Fsp3) is 0.533. The molecule has 0 unspecified atom stereocenters. The highest BCUT2D eigenvalue weighted by Crippen LogP contribution is 2.17. The van der Waals surface area contributed by atoms with E-state index in [0.29, 0.717) is 12.8 Å². The molecule has 0 atom stereocenters. The van der Waals surface area contributed by atoms with Crippen LogP contribution < -0.4 is 10.2 Å². The molecule has 1 aromatic rings. The van der Waals surface area contributed by atoms with Crippen LogP contribution in [0.5, 0.6) is 0 Å². The number of aliphatic hydroxyl groups excluding tert-OH is 1. The van der Waals surface area contributed by atoms with Gasteiger partial charge in [-0.15, -0.1) is 0 Å². The molecule has 4 heteroatoms. The standard InChI is InChI=1S/C15H24N2O2/c1-3-17(4-2)14-10-8-13(9-11-14)16-15(19)7-5-6-12-18/h8-11,18H,3-7,12H2,1-2H3,(H,16,19). The molecule has 1 amide bonds. The summed E-state index contributed by atoms with van der Waals surface area (Å²) in [5.41, 5.74) is 1.99. The Kier molecular flexibility index (Phi) is 6.97. The van der Waals surface area contributed by atoms with Crippen LogP contribution in [0, 0.1) is 0 Å². The van der Waals surface area contributed by atoms with E-state index in [2.05, 4.69) is 24.1 Å². The molecule has 4 nitrogen and oxygen atoms in total. The van der Waals surface area contributed by atoms with Crippen LogP contribution in [0.25, 0.3) is 0 Å². The molecule has 19 heavy (non-hydrogen) atoms. The minimum Gasteiger partial charge on any atom is -0.396 e. The van der Waals surface area contributed by atoms with Gasteiger partial charge in [0.25, 0.3) is 0 Å². The van der Waals surface area contributed by atoms with Crippen molar-refractivity contribution in [2.75, 3.05) is 29.9 Å². The highest BCUT2D eigenvalue weighted by Gasteiger charge is 2.04. The van der Waals surface area contributed by atoms with E-state index in [9.17, 15) is 4.79 Å². The number of aliphatic hydroxyl groups is 1. The third-order valence-corrected chi connectivity index (χ3v) is 3.09. The van der Waals surface area contributed by atoms with Crippen LogP contribution in [0.15, 0.2) is 24.3 Å². The predicted octanol–water partition coefficient (Wildman–Crippen LogP) is 2.63. The summed E-state index contributed by atoms with van der Waals surface area (Å²) in [7, 11) is 0. The number of benzene rings is 1. The lowest BCUT2D eigenvalue weighted by Gasteiger charge is -2.21. The zero-order valence-corrected chi connectivity index (χ0v) is 11.9. The van der Waals surface area contributed by atoms with Crippen molar-refractivity contribution in [3.8, 4) is 0 Å². The van der Waals surface area contributed by atoms with Crippen LogP contribution in [0.4, 0.5) is 11.4 Å². The first-order valence-corrected chi connectivity index (χ1v) is 6.97. The highest BCUT2D eigenvalue weighted by molar-refractivity contribution is 5.90. The lowest BCUT2D eigenvalue weighted by molar-refractivity contribution is -0.116. The van der Waals surface area contributed by atoms with Crippen molar-refractivity contribution >= 4 is 17.3 Å². The van der Waals surface area contributed by atoms with Gasteiger partial charge in [0.15, 0.2) is 0 Å². The SMILES string of the molecule is CCN(CC)c1ccc(NC(=O)CCCCO)cc1. The summed E-state index contributed by atoms with van der Waals surface area (Å²) in [6.07, 6.45) is 1.85. The lowest BCUT2D eigenvalue weighted by Crippen LogP contribution is -2.21. The Labute approximate surface area is 115 Å². The first kappa shape index (κ1) is 15.5. The average Bonchev–Trinajstić information content (AvgIpc) is 2.42. The lowest BCUT2D eigenvalue weighted by atomic mass is 10.2. The third-order valence-electron chi connectivity index (χ3n) is 3.09. The number of hydrogen-bond donors (Lipinski definition) is 2. The van der Waals surface area contributed by atoms with Crippen LogP contribution in [0.2, 0.25) is 0 Å². The molecular weight excluding hydrogens is 240 g/mol. The van der Waals surface area contributed by atoms with E-state index < -0.39 is 0 Å². The van der Waals surface area contributed by atoms with Crippen molar-refractivity contribution in [3.05, 3.63) is 24.3 Å². The molecule has 2 N–H and O–H groups in total. The van der Waals surface area contributed by atoms with E-state index >= 15 is 0 Å². The molecule has 1 aromatic carbocycles. The number of rotatable bonds is 8. The molecule has 0 aliphatic heterocycles. The molecule has 0 aromatic heterocycles. The van der Waals surface area contributed by atoms with Gasteiger partial charge in [0.1, 0.15) is 0 Å². The Morgan fingerprint density at radius 3 is 2.32 bits per heavy atom. The van der Waals surface area contributed by atoms with Gasteiger partial charge in [-0.1, -0.05) is 0 Å². The Balaban J connectivity index is 2.50. The van der Waals surface area contributed by atoms with Crippen LogP contribution in [0.3, 0.4) is 0 Å². The van der Waals surface area contributed by atoms with Crippen molar-refractivity contribution in [2.24, 2.45) is 0 Å². The van der Waals surface area contributed by atoms with Gasteiger partial charge in [-0.3, -0.25) is 4.79 Å². The van der Waals surface area contributed by atoms with Gasteiger partial charge in [-0.2, -0.15) is 0 Å². The first-order valence-electron chi connectivity index (χ1n) is 6.97. The van der Waals surface area contributed by atoms with Gasteiger partial charge in [0.05, 0.1) is 0 Å². The summed E-state index contributed by atoms with van der Waals surface area (Å²) < 4.78 is 0. The van der Waals surface area contributed by atoms with E-state index in [1.807, 2.05) is 24.3 Å². The Hall–Kier alpha value is -1.55. The van der Waals surface area contributed by atoms with Gasteiger partial charge in [0, 0.05) is 37.5 Å². The van der Waals surface area contributed by atoms with Gasteiger partial charge in [0.2, 0.25) is 5.91 Å². The van der Waals surface area contributed by atoms with Gasteiger partial charge >= 0.3 is 0 Å². The average molecular weight is 264 g/mol. The maximum absolute atomic E-state index is 11.6. The summed E-state index contributed by atoms with van der Waals surface area (Å²) in [5.74, 6) is 0.00374.